The van der Waals surface area contributed by atoms with Gasteiger partial charge in [-0.25, -0.2) is 18.7 Å². The molecule has 4 aromatic rings. The van der Waals surface area contributed by atoms with Crippen molar-refractivity contribution in [2.24, 2.45) is 0 Å². The van der Waals surface area contributed by atoms with E-state index in [1.54, 1.807) is 37.8 Å². The van der Waals surface area contributed by atoms with Crippen LogP contribution < -0.4 is 5.32 Å². The highest BCUT2D eigenvalue weighted by atomic mass is 19.1. The molecule has 1 aromatic carbocycles. The van der Waals surface area contributed by atoms with Crippen LogP contribution in [-0.4, -0.2) is 65.5 Å². The van der Waals surface area contributed by atoms with E-state index >= 15 is 0 Å². The van der Waals surface area contributed by atoms with Crippen LogP contribution in [0, 0.1) is 17.0 Å². The molecule has 0 bridgehead atoms. The molecule has 3 aromatic heterocycles. The summed E-state index contributed by atoms with van der Waals surface area (Å²) in [6.07, 6.45) is 10.2. The van der Waals surface area contributed by atoms with E-state index in [2.05, 4.69) is 25.2 Å². The van der Waals surface area contributed by atoms with Crippen LogP contribution in [0.25, 0.3) is 39.0 Å². The van der Waals surface area contributed by atoms with Gasteiger partial charge in [-0.1, -0.05) is 0 Å². The smallest absolute Gasteiger partial charge is 0.160 e. The van der Waals surface area contributed by atoms with Gasteiger partial charge in [-0.2, -0.15) is 0 Å². The van der Waals surface area contributed by atoms with Gasteiger partial charge in [0, 0.05) is 91.4 Å². The molecule has 7 nitrogen and oxygen atoms in total. The Morgan fingerprint density at radius 2 is 1.97 bits per heavy atom. The third-order valence-corrected chi connectivity index (χ3v) is 7.00. The van der Waals surface area contributed by atoms with Gasteiger partial charge in [0.25, 0.3) is 0 Å². The van der Waals surface area contributed by atoms with E-state index in [4.69, 9.17) is 10.1 Å². The number of nitrogens with one attached hydrogen (secondary N) is 2. The van der Waals surface area contributed by atoms with Gasteiger partial charge in [-0.3, -0.25) is 4.98 Å². The van der Waals surface area contributed by atoms with Gasteiger partial charge < -0.3 is 20.4 Å². The van der Waals surface area contributed by atoms with E-state index in [-0.39, 0.29) is 11.3 Å². The third-order valence-electron chi connectivity index (χ3n) is 7.00. The molecular weight excluding hydrogens is 498 g/mol. The highest BCUT2D eigenvalue weighted by molar-refractivity contribution is 6.08. The number of pyridine rings is 3. The van der Waals surface area contributed by atoms with Crippen LogP contribution in [0.15, 0.2) is 67.3 Å². The third kappa shape index (κ3) is 6.16. The summed E-state index contributed by atoms with van der Waals surface area (Å²) in [4.78, 5) is 15.7. The molecule has 1 saturated heterocycles. The number of aromatic nitrogens is 3. The maximum atomic E-state index is 14.6. The number of halogens is 2. The van der Waals surface area contributed by atoms with Crippen LogP contribution in [0.2, 0.25) is 0 Å². The van der Waals surface area contributed by atoms with Crippen LogP contribution in [0.1, 0.15) is 18.4 Å². The number of nitrogens with zero attached hydrogens (tertiary/aromatic N) is 4. The molecule has 0 aliphatic carbocycles. The van der Waals surface area contributed by atoms with Crippen LogP contribution in [-0.2, 0) is 4.74 Å². The van der Waals surface area contributed by atoms with E-state index in [1.807, 2.05) is 18.3 Å². The van der Waals surface area contributed by atoms with Gasteiger partial charge >= 0.3 is 0 Å². The first-order valence-electron chi connectivity index (χ1n) is 12.9. The van der Waals surface area contributed by atoms with Crippen LogP contribution in [0.3, 0.4) is 0 Å². The lowest BCUT2D eigenvalue weighted by atomic mass is 9.98. The number of benzene rings is 1. The summed E-state index contributed by atoms with van der Waals surface area (Å²) in [5, 5.41) is 12.3. The molecule has 5 rings (SSSR count). The first-order valence-corrected chi connectivity index (χ1v) is 12.9. The quantitative estimate of drug-likeness (QED) is 0.286. The van der Waals surface area contributed by atoms with Crippen molar-refractivity contribution in [3.8, 4) is 22.4 Å². The van der Waals surface area contributed by atoms with Crippen molar-refractivity contribution in [1.29, 1.82) is 5.41 Å². The largest absolute Gasteiger partial charge is 0.388 e. The van der Waals surface area contributed by atoms with Crippen molar-refractivity contribution in [2.45, 2.75) is 18.9 Å². The molecule has 1 aliphatic heterocycles. The fourth-order valence-electron chi connectivity index (χ4n) is 4.83. The van der Waals surface area contributed by atoms with Gasteiger partial charge in [0.05, 0.1) is 12.3 Å². The summed E-state index contributed by atoms with van der Waals surface area (Å²) in [5.41, 5.74) is 3.71. The molecule has 9 heteroatoms. The molecule has 0 atom stereocenters. The summed E-state index contributed by atoms with van der Waals surface area (Å²) in [6.45, 7) is 3.68. The van der Waals surface area contributed by atoms with Gasteiger partial charge in [0.2, 0.25) is 0 Å². The van der Waals surface area contributed by atoms with Gasteiger partial charge in [0.15, 0.2) is 5.65 Å². The molecule has 39 heavy (non-hydrogen) atoms. The molecule has 0 radical (unpaired) electrons. The fraction of sp³-hybridized carbons (Fsp3) is 0.267. The summed E-state index contributed by atoms with van der Waals surface area (Å²) < 4.78 is 33.8. The SMILES string of the molecule is COCCN1CCC(N/C=C(\C=N)c2cncc(-c3cc(-c4cc(F)ccc4F)nc4ncccc34)c2)CC1. The first-order chi connectivity index (χ1) is 19.1. The van der Waals surface area contributed by atoms with E-state index < -0.39 is 11.6 Å². The predicted molar refractivity (Wildman–Crippen MR) is 149 cm³/mol. The summed E-state index contributed by atoms with van der Waals surface area (Å²) in [6, 6.07) is 11.0. The second-order valence-corrected chi connectivity index (χ2v) is 9.54. The molecule has 200 valence electrons. The number of fused-ring (bicyclic) bond motifs is 1. The Kier molecular flexibility index (Phi) is 8.29. The van der Waals surface area contributed by atoms with Gasteiger partial charge in [-0.05, 0) is 60.9 Å². The van der Waals surface area contributed by atoms with E-state index in [0.717, 1.165) is 79.4 Å². The Labute approximate surface area is 226 Å². The maximum absolute atomic E-state index is 14.6. The Hall–Kier alpha value is -4.08. The van der Waals surface area contributed by atoms with Crippen LogP contribution in [0.5, 0.6) is 0 Å². The minimum atomic E-state index is -0.568. The predicted octanol–water partition coefficient (Wildman–Crippen LogP) is 5.33. The normalized spacial score (nSPS) is 15.0. The molecular formula is C30H30F2N6O. The summed E-state index contributed by atoms with van der Waals surface area (Å²) in [5.74, 6) is -1.12. The van der Waals surface area contributed by atoms with Crippen molar-refractivity contribution in [3.63, 3.8) is 0 Å². The van der Waals surface area contributed by atoms with Crippen LogP contribution >= 0.6 is 0 Å². The minimum Gasteiger partial charge on any atom is -0.388 e. The van der Waals surface area contributed by atoms with Crippen molar-refractivity contribution in [3.05, 3.63) is 84.5 Å². The molecule has 4 heterocycles. The molecule has 1 fully saturated rings. The lowest BCUT2D eigenvalue weighted by Gasteiger charge is -2.32. The van der Waals surface area contributed by atoms with E-state index in [0.29, 0.717) is 17.3 Å². The van der Waals surface area contributed by atoms with E-state index in [9.17, 15) is 8.78 Å². The zero-order chi connectivity index (χ0) is 27.2. The average Bonchev–Trinajstić information content (AvgIpc) is 2.98. The molecule has 0 saturated carbocycles. The Morgan fingerprint density at radius 1 is 1.13 bits per heavy atom. The zero-order valence-corrected chi connectivity index (χ0v) is 21.7. The number of methoxy groups -OCH3 is 1. The first kappa shape index (κ1) is 26.5. The number of hydrogen-bond donors (Lipinski definition) is 2. The summed E-state index contributed by atoms with van der Waals surface area (Å²) >= 11 is 0. The molecule has 0 amide bonds. The highest BCUT2D eigenvalue weighted by Gasteiger charge is 2.18. The fourth-order valence-corrected chi connectivity index (χ4v) is 4.83. The van der Waals surface area contributed by atoms with Crippen molar-refractivity contribution in [2.75, 3.05) is 33.4 Å². The van der Waals surface area contributed by atoms with E-state index in [1.165, 1.54) is 6.21 Å². The number of ether oxygens (including phenoxy) is 1. The van der Waals surface area contributed by atoms with Crippen LogP contribution in [0.4, 0.5) is 8.78 Å². The highest BCUT2D eigenvalue weighted by Crippen LogP contribution is 2.33. The number of hydrogen-bond acceptors (Lipinski definition) is 7. The average molecular weight is 529 g/mol. The lowest BCUT2D eigenvalue weighted by Crippen LogP contribution is -2.42. The monoisotopic (exact) mass is 528 g/mol. The van der Waals surface area contributed by atoms with Gasteiger partial charge in [-0.15, -0.1) is 0 Å². The standard InChI is InChI=1S/C30H30F2N6O/c1-39-12-11-38-9-6-24(7-10-38)36-19-22(16-33)20-13-21(18-34-17-20)26-15-29(27-14-23(31)4-5-28(27)32)37-30-25(26)3-2-8-35-30/h2-5,8,13-19,24,33,36H,6-7,9-12H2,1H3/b22-19+,33-16?. The molecule has 0 spiro atoms. The number of likely N-dealkylation sites (tertiary alicyclic amines) is 1. The zero-order valence-electron chi connectivity index (χ0n) is 21.7. The number of piperidine rings is 1. The van der Waals surface area contributed by atoms with Gasteiger partial charge in [0.1, 0.15) is 11.6 Å². The van der Waals surface area contributed by atoms with Crippen molar-refractivity contribution in [1.82, 2.24) is 25.2 Å². The number of allylic oxidation sites excluding steroid dienone is 1. The molecule has 0 unspecified atom stereocenters. The topological polar surface area (TPSA) is 87.0 Å². The minimum absolute atomic E-state index is 0.0606. The second kappa shape index (κ2) is 12.2. The van der Waals surface area contributed by atoms with Crippen molar-refractivity contribution < 1.29 is 13.5 Å². The maximum Gasteiger partial charge on any atom is 0.160 e. The Bertz CT molecular complexity index is 1500. The lowest BCUT2D eigenvalue weighted by molar-refractivity contribution is 0.128. The summed E-state index contributed by atoms with van der Waals surface area (Å²) in [7, 11) is 1.72. The second-order valence-electron chi connectivity index (χ2n) is 9.54. The molecule has 1 aliphatic rings. The Morgan fingerprint density at radius 3 is 2.77 bits per heavy atom. The van der Waals surface area contributed by atoms with Crippen molar-refractivity contribution >= 4 is 22.8 Å². The Balaban J connectivity index is 1.44. The number of rotatable bonds is 9. The molecule has 2 N–H and O–H groups in total.